The van der Waals surface area contributed by atoms with Crippen LogP contribution < -0.4 is 10.6 Å². The molecule has 1 atom stereocenters. The Balaban J connectivity index is 1.78. The van der Waals surface area contributed by atoms with Crippen LogP contribution in [0.25, 0.3) is 11.3 Å². The monoisotopic (exact) mass is 407 g/mol. The molecule has 3 rings (SSSR count). The van der Waals surface area contributed by atoms with Crippen molar-refractivity contribution in [3.05, 3.63) is 71.1 Å². The molecule has 0 aliphatic rings. The number of amides is 2. The van der Waals surface area contributed by atoms with Crippen LogP contribution in [0.4, 0.5) is 5.13 Å². The van der Waals surface area contributed by atoms with Gasteiger partial charge < -0.3 is 10.6 Å². The van der Waals surface area contributed by atoms with Crippen LogP contribution in [0, 0.1) is 0 Å². The third kappa shape index (κ3) is 5.51. The average Bonchev–Trinajstić information content (AvgIpc) is 3.12. The first-order valence-electron chi connectivity index (χ1n) is 9.62. The molecule has 1 heterocycles. The molecule has 0 fully saturated rings. The van der Waals surface area contributed by atoms with Crippen molar-refractivity contribution in [3.63, 3.8) is 0 Å². The van der Waals surface area contributed by atoms with Crippen LogP contribution in [0.15, 0.2) is 60.7 Å². The molecule has 0 bridgehead atoms. The van der Waals surface area contributed by atoms with Crippen LogP contribution in [0.5, 0.6) is 0 Å². The lowest BCUT2D eigenvalue weighted by Gasteiger charge is -2.17. The van der Waals surface area contributed by atoms with Crippen LogP contribution in [-0.2, 0) is 9.59 Å². The number of carbonyl (C=O) groups is 2. The molecule has 3 aromatic rings. The fraction of sp³-hybridized carbons (Fsp3) is 0.261. The van der Waals surface area contributed by atoms with Crippen molar-refractivity contribution < 1.29 is 9.59 Å². The molecule has 0 spiro atoms. The van der Waals surface area contributed by atoms with Gasteiger partial charge >= 0.3 is 0 Å². The van der Waals surface area contributed by atoms with Crippen molar-refractivity contribution >= 4 is 28.3 Å². The summed E-state index contributed by atoms with van der Waals surface area (Å²) in [7, 11) is 0. The standard InChI is InChI=1S/C23H25N3O2S/c1-15(2)22-21(18-12-8-5-9-13-18)26-23(29-22)25-20(28)14-19(24-16(3)27)17-10-6-4-7-11-17/h4-13,15,19H,14H2,1-3H3,(H,24,27)(H,25,26,28). The lowest BCUT2D eigenvalue weighted by Crippen LogP contribution is -2.29. The molecular weight excluding hydrogens is 382 g/mol. The van der Waals surface area contributed by atoms with Crippen LogP contribution in [0.3, 0.4) is 0 Å². The molecule has 1 aromatic heterocycles. The van der Waals surface area contributed by atoms with Gasteiger partial charge in [0.05, 0.1) is 18.2 Å². The molecule has 0 saturated heterocycles. The van der Waals surface area contributed by atoms with E-state index in [1.807, 2.05) is 60.7 Å². The second-order valence-corrected chi connectivity index (χ2v) is 8.20. The van der Waals surface area contributed by atoms with E-state index in [2.05, 4.69) is 29.5 Å². The molecule has 2 amide bonds. The molecule has 2 aromatic carbocycles. The lowest BCUT2D eigenvalue weighted by atomic mass is 10.0. The summed E-state index contributed by atoms with van der Waals surface area (Å²) in [5, 5.41) is 6.35. The fourth-order valence-corrected chi connectivity index (χ4v) is 4.12. The zero-order chi connectivity index (χ0) is 20.8. The SMILES string of the molecule is CC(=O)NC(CC(=O)Nc1nc(-c2ccccc2)c(C(C)C)s1)c1ccccc1. The van der Waals surface area contributed by atoms with Gasteiger partial charge in [0.25, 0.3) is 0 Å². The molecule has 0 aliphatic carbocycles. The summed E-state index contributed by atoms with van der Waals surface area (Å²) >= 11 is 1.50. The fourth-order valence-electron chi connectivity index (χ4n) is 3.12. The number of nitrogens with one attached hydrogen (secondary N) is 2. The lowest BCUT2D eigenvalue weighted by molar-refractivity contribution is -0.120. The molecule has 0 radical (unpaired) electrons. The van der Waals surface area contributed by atoms with Crippen molar-refractivity contribution in [2.24, 2.45) is 0 Å². The Labute approximate surface area is 175 Å². The van der Waals surface area contributed by atoms with Gasteiger partial charge in [-0.1, -0.05) is 74.5 Å². The van der Waals surface area contributed by atoms with Crippen molar-refractivity contribution in [2.45, 2.75) is 39.2 Å². The Kier molecular flexibility index (Phi) is 6.77. The summed E-state index contributed by atoms with van der Waals surface area (Å²) < 4.78 is 0. The summed E-state index contributed by atoms with van der Waals surface area (Å²) in [6.45, 7) is 5.69. The van der Waals surface area contributed by atoms with E-state index in [1.165, 1.54) is 18.3 Å². The highest BCUT2D eigenvalue weighted by Crippen LogP contribution is 2.36. The smallest absolute Gasteiger partial charge is 0.228 e. The second-order valence-electron chi connectivity index (χ2n) is 7.17. The number of rotatable bonds is 7. The van der Waals surface area contributed by atoms with Crippen LogP contribution in [-0.4, -0.2) is 16.8 Å². The number of aromatic nitrogens is 1. The van der Waals surface area contributed by atoms with E-state index in [4.69, 9.17) is 0 Å². The van der Waals surface area contributed by atoms with Gasteiger partial charge in [-0.25, -0.2) is 4.98 Å². The molecule has 2 N–H and O–H groups in total. The van der Waals surface area contributed by atoms with E-state index in [0.29, 0.717) is 11.0 Å². The number of hydrogen-bond donors (Lipinski definition) is 2. The first-order valence-corrected chi connectivity index (χ1v) is 10.4. The minimum atomic E-state index is -0.383. The van der Waals surface area contributed by atoms with E-state index in [1.54, 1.807) is 0 Å². The van der Waals surface area contributed by atoms with E-state index >= 15 is 0 Å². The van der Waals surface area contributed by atoms with Crippen LogP contribution in [0.1, 0.15) is 49.6 Å². The molecule has 0 aliphatic heterocycles. The highest BCUT2D eigenvalue weighted by atomic mass is 32.1. The van der Waals surface area contributed by atoms with Crippen molar-refractivity contribution in [1.29, 1.82) is 0 Å². The summed E-state index contributed by atoms with van der Waals surface area (Å²) in [4.78, 5) is 30.1. The number of nitrogens with zero attached hydrogens (tertiary/aromatic N) is 1. The van der Waals surface area contributed by atoms with Crippen LogP contribution >= 0.6 is 11.3 Å². The van der Waals surface area contributed by atoms with Crippen molar-refractivity contribution in [1.82, 2.24) is 10.3 Å². The van der Waals surface area contributed by atoms with Gasteiger partial charge in [0.2, 0.25) is 11.8 Å². The zero-order valence-electron chi connectivity index (χ0n) is 16.8. The summed E-state index contributed by atoms with van der Waals surface area (Å²) in [5.41, 5.74) is 2.83. The molecule has 150 valence electrons. The van der Waals surface area contributed by atoms with E-state index < -0.39 is 0 Å². The topological polar surface area (TPSA) is 71.1 Å². The number of hydrogen-bond acceptors (Lipinski definition) is 4. The van der Waals surface area contributed by atoms with E-state index in [9.17, 15) is 9.59 Å². The first-order chi connectivity index (χ1) is 13.9. The number of thiazole rings is 1. The number of benzene rings is 2. The predicted octanol–water partition coefficient (Wildman–Crippen LogP) is 5.14. The molecule has 1 unspecified atom stereocenters. The number of anilines is 1. The minimum Gasteiger partial charge on any atom is -0.349 e. The first kappa shape index (κ1) is 20.7. The Morgan fingerprint density at radius 3 is 2.21 bits per heavy atom. The molecule has 29 heavy (non-hydrogen) atoms. The zero-order valence-corrected chi connectivity index (χ0v) is 17.6. The Morgan fingerprint density at radius 2 is 1.62 bits per heavy atom. The van der Waals surface area contributed by atoms with Gasteiger partial charge in [0.1, 0.15) is 0 Å². The highest BCUT2D eigenvalue weighted by molar-refractivity contribution is 7.16. The maximum atomic E-state index is 12.7. The minimum absolute atomic E-state index is 0.140. The Bertz CT molecular complexity index is 968. The highest BCUT2D eigenvalue weighted by Gasteiger charge is 2.20. The van der Waals surface area contributed by atoms with E-state index in [0.717, 1.165) is 21.7 Å². The largest absolute Gasteiger partial charge is 0.349 e. The third-order valence-corrected chi connectivity index (χ3v) is 5.71. The summed E-state index contributed by atoms with van der Waals surface area (Å²) in [6, 6.07) is 19.1. The summed E-state index contributed by atoms with van der Waals surface area (Å²) in [5.74, 6) is -0.0598. The second kappa shape index (κ2) is 9.47. The van der Waals surface area contributed by atoms with Gasteiger partial charge in [0.15, 0.2) is 5.13 Å². The van der Waals surface area contributed by atoms with Crippen molar-refractivity contribution in [2.75, 3.05) is 5.32 Å². The quantitative estimate of drug-likeness (QED) is 0.570. The predicted molar refractivity (Wildman–Crippen MR) is 118 cm³/mol. The normalized spacial score (nSPS) is 11.9. The maximum absolute atomic E-state index is 12.7. The van der Waals surface area contributed by atoms with Gasteiger partial charge in [0, 0.05) is 17.4 Å². The van der Waals surface area contributed by atoms with E-state index in [-0.39, 0.29) is 24.3 Å². The van der Waals surface area contributed by atoms with Gasteiger partial charge in [-0.05, 0) is 11.5 Å². The average molecular weight is 408 g/mol. The Hall–Kier alpha value is -2.99. The maximum Gasteiger partial charge on any atom is 0.228 e. The molecular formula is C23H25N3O2S. The van der Waals surface area contributed by atoms with Gasteiger partial charge in [-0.3, -0.25) is 9.59 Å². The third-order valence-electron chi connectivity index (χ3n) is 4.44. The van der Waals surface area contributed by atoms with Gasteiger partial charge in [-0.2, -0.15) is 0 Å². The van der Waals surface area contributed by atoms with Crippen molar-refractivity contribution in [3.8, 4) is 11.3 Å². The van der Waals surface area contributed by atoms with Crippen LogP contribution in [0.2, 0.25) is 0 Å². The molecule has 5 nitrogen and oxygen atoms in total. The van der Waals surface area contributed by atoms with Gasteiger partial charge in [-0.15, -0.1) is 11.3 Å². The summed E-state index contributed by atoms with van der Waals surface area (Å²) in [6.07, 6.45) is 0.140. The Morgan fingerprint density at radius 1 is 1.00 bits per heavy atom. The molecule has 0 saturated carbocycles. The molecule has 6 heteroatoms. The number of carbonyl (C=O) groups excluding carboxylic acids is 2.